The quantitative estimate of drug-likeness (QED) is 0.716. The van der Waals surface area contributed by atoms with Crippen LogP contribution in [0.3, 0.4) is 0 Å². The monoisotopic (exact) mass is 376 g/mol. The minimum Gasteiger partial charge on any atom is -0.343 e. The summed E-state index contributed by atoms with van der Waals surface area (Å²) in [5.41, 5.74) is 5.70. The molecule has 144 valence electrons. The number of aryl methyl sites for hydroxylation is 3. The first-order chi connectivity index (χ1) is 13.3. The number of rotatable bonds is 5. The Kier molecular flexibility index (Phi) is 5.59. The topological polar surface area (TPSA) is 76.0 Å². The third-order valence-electron chi connectivity index (χ3n) is 4.45. The number of amides is 2. The van der Waals surface area contributed by atoms with Crippen LogP contribution in [0.15, 0.2) is 48.5 Å². The van der Waals surface area contributed by atoms with Gasteiger partial charge >= 0.3 is 0 Å². The van der Waals surface area contributed by atoms with Crippen LogP contribution in [0, 0.1) is 27.7 Å². The van der Waals surface area contributed by atoms with Crippen molar-refractivity contribution in [3.05, 3.63) is 76.6 Å². The van der Waals surface area contributed by atoms with E-state index in [1.165, 1.54) is 0 Å². The molecular weight excluding hydrogens is 352 g/mol. The molecule has 0 spiro atoms. The first-order valence-electron chi connectivity index (χ1n) is 9.13. The van der Waals surface area contributed by atoms with Crippen molar-refractivity contribution in [2.75, 3.05) is 11.9 Å². The second-order valence-electron chi connectivity index (χ2n) is 6.90. The Morgan fingerprint density at radius 1 is 0.964 bits per heavy atom. The van der Waals surface area contributed by atoms with Crippen LogP contribution in [-0.4, -0.2) is 28.1 Å². The Bertz CT molecular complexity index is 1000. The van der Waals surface area contributed by atoms with Gasteiger partial charge in [-0.1, -0.05) is 35.4 Å². The molecule has 2 amide bonds. The van der Waals surface area contributed by atoms with Crippen molar-refractivity contribution in [1.82, 2.24) is 15.1 Å². The molecule has 0 unspecified atom stereocenters. The van der Waals surface area contributed by atoms with Crippen molar-refractivity contribution in [3.8, 4) is 5.69 Å². The predicted octanol–water partition coefficient (Wildman–Crippen LogP) is 3.47. The summed E-state index contributed by atoms with van der Waals surface area (Å²) in [5, 5.41) is 10.0. The summed E-state index contributed by atoms with van der Waals surface area (Å²) in [6, 6.07) is 15.3. The fraction of sp³-hybridized carbons (Fsp3) is 0.227. The van der Waals surface area contributed by atoms with E-state index in [4.69, 9.17) is 0 Å². The number of carbonyl (C=O) groups is 2. The Labute approximate surface area is 164 Å². The molecule has 0 aliphatic rings. The number of benzene rings is 2. The zero-order valence-electron chi connectivity index (χ0n) is 16.5. The van der Waals surface area contributed by atoms with Crippen molar-refractivity contribution in [2.24, 2.45) is 0 Å². The van der Waals surface area contributed by atoms with Crippen molar-refractivity contribution < 1.29 is 9.59 Å². The fourth-order valence-electron chi connectivity index (χ4n) is 3.20. The SMILES string of the molecule is Cc1cc(C)cc(C(=O)NCC(=O)Nc2c(C)nn(-c3ccccc3)c2C)c1. The number of nitrogens with zero attached hydrogens (tertiary/aromatic N) is 2. The van der Waals surface area contributed by atoms with Gasteiger partial charge in [0.1, 0.15) is 0 Å². The van der Waals surface area contributed by atoms with Gasteiger partial charge in [0, 0.05) is 5.56 Å². The van der Waals surface area contributed by atoms with Crippen LogP contribution in [0.2, 0.25) is 0 Å². The lowest BCUT2D eigenvalue weighted by atomic mass is 10.1. The lowest BCUT2D eigenvalue weighted by molar-refractivity contribution is -0.115. The second-order valence-corrected chi connectivity index (χ2v) is 6.90. The van der Waals surface area contributed by atoms with Crippen LogP contribution in [0.4, 0.5) is 5.69 Å². The Morgan fingerprint density at radius 2 is 1.61 bits per heavy atom. The van der Waals surface area contributed by atoms with Gasteiger partial charge in [-0.05, 0) is 52.0 Å². The summed E-state index contributed by atoms with van der Waals surface area (Å²) < 4.78 is 1.79. The minimum atomic E-state index is -0.295. The molecular formula is C22H24N4O2. The second kappa shape index (κ2) is 8.08. The summed E-state index contributed by atoms with van der Waals surface area (Å²) >= 11 is 0. The molecule has 0 saturated carbocycles. The van der Waals surface area contributed by atoms with E-state index in [0.29, 0.717) is 11.3 Å². The normalized spacial score (nSPS) is 10.6. The number of aromatic nitrogens is 2. The highest BCUT2D eigenvalue weighted by Gasteiger charge is 2.16. The molecule has 0 aliphatic heterocycles. The summed E-state index contributed by atoms with van der Waals surface area (Å²) in [6.07, 6.45) is 0. The van der Waals surface area contributed by atoms with E-state index < -0.39 is 0 Å². The highest BCUT2D eigenvalue weighted by molar-refractivity contribution is 5.99. The molecule has 6 nitrogen and oxygen atoms in total. The molecule has 28 heavy (non-hydrogen) atoms. The fourth-order valence-corrected chi connectivity index (χ4v) is 3.20. The molecule has 0 radical (unpaired) electrons. The van der Waals surface area contributed by atoms with Crippen molar-refractivity contribution in [2.45, 2.75) is 27.7 Å². The molecule has 1 aromatic heterocycles. The van der Waals surface area contributed by atoms with Crippen molar-refractivity contribution in [1.29, 1.82) is 0 Å². The van der Waals surface area contributed by atoms with Crippen LogP contribution in [0.1, 0.15) is 32.9 Å². The van der Waals surface area contributed by atoms with Crippen LogP contribution in [0.25, 0.3) is 5.69 Å². The molecule has 6 heteroatoms. The number of para-hydroxylation sites is 1. The molecule has 3 rings (SSSR count). The third-order valence-corrected chi connectivity index (χ3v) is 4.45. The molecule has 0 saturated heterocycles. The van der Waals surface area contributed by atoms with Gasteiger partial charge in [0.15, 0.2) is 0 Å². The van der Waals surface area contributed by atoms with Crippen LogP contribution >= 0.6 is 0 Å². The maximum atomic E-state index is 12.4. The highest BCUT2D eigenvalue weighted by atomic mass is 16.2. The summed E-state index contributed by atoms with van der Waals surface area (Å²) in [4.78, 5) is 24.7. The van der Waals surface area contributed by atoms with Crippen LogP contribution in [-0.2, 0) is 4.79 Å². The van der Waals surface area contributed by atoms with Crippen LogP contribution < -0.4 is 10.6 Å². The van der Waals surface area contributed by atoms with Gasteiger partial charge in [-0.25, -0.2) is 4.68 Å². The average Bonchev–Trinajstić information content (AvgIpc) is 2.94. The van der Waals surface area contributed by atoms with E-state index in [2.05, 4.69) is 15.7 Å². The zero-order chi connectivity index (χ0) is 20.3. The molecule has 2 N–H and O–H groups in total. The Morgan fingerprint density at radius 3 is 2.25 bits per heavy atom. The van der Waals surface area contributed by atoms with Gasteiger partial charge in [-0.3, -0.25) is 9.59 Å². The average molecular weight is 376 g/mol. The van der Waals surface area contributed by atoms with E-state index in [9.17, 15) is 9.59 Å². The van der Waals surface area contributed by atoms with Crippen molar-refractivity contribution >= 4 is 17.5 Å². The number of anilines is 1. The van der Waals surface area contributed by atoms with Gasteiger partial charge in [0.2, 0.25) is 5.91 Å². The van der Waals surface area contributed by atoms with E-state index in [1.54, 1.807) is 16.8 Å². The highest BCUT2D eigenvalue weighted by Crippen LogP contribution is 2.22. The van der Waals surface area contributed by atoms with Gasteiger partial charge in [-0.2, -0.15) is 5.10 Å². The first kappa shape index (κ1) is 19.4. The minimum absolute atomic E-state index is 0.110. The predicted molar refractivity (Wildman–Crippen MR) is 110 cm³/mol. The third kappa shape index (κ3) is 4.28. The maximum Gasteiger partial charge on any atom is 0.251 e. The summed E-state index contributed by atoms with van der Waals surface area (Å²) in [7, 11) is 0. The summed E-state index contributed by atoms with van der Waals surface area (Å²) in [6.45, 7) is 7.51. The first-order valence-corrected chi connectivity index (χ1v) is 9.13. The Balaban J connectivity index is 1.67. The lowest BCUT2D eigenvalue weighted by Gasteiger charge is -2.09. The van der Waals surface area contributed by atoms with E-state index in [0.717, 1.165) is 28.2 Å². The zero-order valence-corrected chi connectivity index (χ0v) is 16.5. The largest absolute Gasteiger partial charge is 0.343 e. The maximum absolute atomic E-state index is 12.4. The molecule has 0 aliphatic carbocycles. The molecule has 3 aromatic rings. The van der Waals surface area contributed by atoms with Gasteiger partial charge < -0.3 is 10.6 Å². The van der Waals surface area contributed by atoms with Gasteiger partial charge in [0.25, 0.3) is 5.91 Å². The number of hydrogen-bond donors (Lipinski definition) is 2. The van der Waals surface area contributed by atoms with Crippen molar-refractivity contribution in [3.63, 3.8) is 0 Å². The Hall–Kier alpha value is -3.41. The molecule has 0 fully saturated rings. The standard InChI is InChI=1S/C22H24N4O2/c1-14-10-15(2)12-18(11-14)22(28)23-13-20(27)24-21-16(3)25-26(17(21)4)19-8-6-5-7-9-19/h5-12H,13H2,1-4H3,(H,23,28)(H,24,27). The smallest absolute Gasteiger partial charge is 0.251 e. The van der Waals surface area contributed by atoms with Gasteiger partial charge in [0.05, 0.1) is 29.3 Å². The van der Waals surface area contributed by atoms with E-state index in [1.807, 2.05) is 64.1 Å². The van der Waals surface area contributed by atoms with E-state index >= 15 is 0 Å². The molecule has 2 aromatic carbocycles. The number of nitrogens with one attached hydrogen (secondary N) is 2. The lowest BCUT2D eigenvalue weighted by Crippen LogP contribution is -2.33. The molecule has 0 atom stereocenters. The molecule has 1 heterocycles. The molecule has 0 bridgehead atoms. The number of carbonyl (C=O) groups excluding carboxylic acids is 2. The van der Waals surface area contributed by atoms with Gasteiger partial charge in [-0.15, -0.1) is 0 Å². The van der Waals surface area contributed by atoms with Crippen LogP contribution in [0.5, 0.6) is 0 Å². The number of hydrogen-bond acceptors (Lipinski definition) is 3. The van der Waals surface area contributed by atoms with E-state index in [-0.39, 0.29) is 18.4 Å². The summed E-state index contributed by atoms with van der Waals surface area (Å²) in [5.74, 6) is -0.563.